The van der Waals surface area contributed by atoms with Crippen LogP contribution in [0, 0.1) is 5.92 Å². The smallest absolute Gasteiger partial charge is 0.337 e. The van der Waals surface area contributed by atoms with Crippen molar-refractivity contribution in [3.05, 3.63) is 83.7 Å². The summed E-state index contributed by atoms with van der Waals surface area (Å²) in [4.78, 5) is 63.2. The number of benzene rings is 1. The van der Waals surface area contributed by atoms with Gasteiger partial charge in [-0.05, 0) is 29.8 Å². The number of methoxy groups -OCH3 is 1. The molecule has 4 rings (SSSR count). The van der Waals surface area contributed by atoms with Gasteiger partial charge in [0.25, 0.3) is 5.91 Å². The Labute approximate surface area is 183 Å². The number of ether oxygens (including phenoxy) is 1. The van der Waals surface area contributed by atoms with Crippen LogP contribution in [0.1, 0.15) is 38.0 Å². The summed E-state index contributed by atoms with van der Waals surface area (Å²) in [6.07, 6.45) is 6.54. The SMILES string of the molecule is COC(=O)c1ccc(C2C(C(=O)c3ccncc3)C(=O)C(=O)N2CCc2cnc[nH]2)cc1. The summed E-state index contributed by atoms with van der Waals surface area (Å²) in [6.45, 7) is 0.219. The molecule has 3 heterocycles. The lowest BCUT2D eigenvalue weighted by Gasteiger charge is -2.27. The van der Waals surface area contributed by atoms with Gasteiger partial charge in [0, 0.05) is 42.8 Å². The highest BCUT2D eigenvalue weighted by molar-refractivity contribution is 6.44. The monoisotopic (exact) mass is 432 g/mol. The summed E-state index contributed by atoms with van der Waals surface area (Å²) in [5.41, 5.74) is 2.01. The number of esters is 1. The molecule has 9 heteroatoms. The van der Waals surface area contributed by atoms with Gasteiger partial charge in [-0.25, -0.2) is 9.78 Å². The Hall–Kier alpha value is -4.14. The molecule has 1 aliphatic rings. The molecule has 1 aliphatic heterocycles. The number of pyridine rings is 1. The summed E-state index contributed by atoms with van der Waals surface area (Å²) in [7, 11) is 1.28. The van der Waals surface area contributed by atoms with Crippen LogP contribution in [0.5, 0.6) is 0 Å². The van der Waals surface area contributed by atoms with Crippen LogP contribution < -0.4 is 0 Å². The van der Waals surface area contributed by atoms with Crippen LogP contribution >= 0.6 is 0 Å². The standard InChI is InChI=1S/C23H20N4O5/c1-32-23(31)16-4-2-14(3-5-16)19-18(20(28)15-6-9-24-10-7-15)21(29)22(30)27(19)11-8-17-12-25-13-26-17/h2-7,9-10,12-13,18-19H,8,11H2,1H3,(H,25,26). The molecule has 1 amide bonds. The minimum Gasteiger partial charge on any atom is -0.465 e. The number of hydrogen-bond donors (Lipinski definition) is 1. The van der Waals surface area contributed by atoms with Crippen molar-refractivity contribution in [2.45, 2.75) is 12.5 Å². The Balaban J connectivity index is 1.71. The lowest BCUT2D eigenvalue weighted by Crippen LogP contribution is -2.32. The quantitative estimate of drug-likeness (QED) is 0.261. The number of H-pyrrole nitrogens is 1. The Bertz CT molecular complexity index is 1140. The van der Waals surface area contributed by atoms with Crippen LogP contribution in [-0.4, -0.2) is 56.9 Å². The highest BCUT2D eigenvalue weighted by atomic mass is 16.5. The molecule has 1 N–H and O–H groups in total. The number of aromatic nitrogens is 3. The number of hydrogen-bond acceptors (Lipinski definition) is 7. The number of nitrogens with one attached hydrogen (secondary N) is 1. The first-order valence-electron chi connectivity index (χ1n) is 9.96. The second-order valence-electron chi connectivity index (χ2n) is 7.33. The van der Waals surface area contributed by atoms with Crippen LogP contribution in [0.3, 0.4) is 0 Å². The van der Waals surface area contributed by atoms with Gasteiger partial charge in [-0.2, -0.15) is 0 Å². The molecule has 0 radical (unpaired) electrons. The highest BCUT2D eigenvalue weighted by Gasteiger charge is 2.51. The summed E-state index contributed by atoms with van der Waals surface area (Å²) in [5, 5.41) is 0. The molecular formula is C23H20N4O5. The Morgan fingerprint density at radius 2 is 1.75 bits per heavy atom. The third-order valence-corrected chi connectivity index (χ3v) is 5.50. The van der Waals surface area contributed by atoms with E-state index in [-0.39, 0.29) is 6.54 Å². The first-order valence-corrected chi connectivity index (χ1v) is 9.96. The number of carbonyl (C=O) groups excluding carboxylic acids is 4. The van der Waals surface area contributed by atoms with Crippen molar-refractivity contribution in [3.63, 3.8) is 0 Å². The van der Waals surface area contributed by atoms with Gasteiger partial charge in [0.2, 0.25) is 5.78 Å². The minimum absolute atomic E-state index is 0.219. The zero-order chi connectivity index (χ0) is 22.7. The number of Topliss-reactive ketones (excluding diaryl/α,β-unsaturated/α-hetero) is 2. The molecule has 9 nitrogen and oxygen atoms in total. The van der Waals surface area contributed by atoms with Crippen LogP contribution in [-0.2, 0) is 20.7 Å². The van der Waals surface area contributed by atoms with Gasteiger partial charge in [0.1, 0.15) is 5.92 Å². The second-order valence-corrected chi connectivity index (χ2v) is 7.33. The van der Waals surface area contributed by atoms with E-state index in [9.17, 15) is 19.2 Å². The first kappa shape index (κ1) is 21.1. The number of imidazole rings is 1. The van der Waals surface area contributed by atoms with Gasteiger partial charge in [-0.3, -0.25) is 19.4 Å². The largest absolute Gasteiger partial charge is 0.465 e. The average molecular weight is 432 g/mol. The fourth-order valence-electron chi connectivity index (χ4n) is 3.89. The van der Waals surface area contributed by atoms with E-state index in [0.717, 1.165) is 5.69 Å². The molecule has 32 heavy (non-hydrogen) atoms. The van der Waals surface area contributed by atoms with E-state index in [1.165, 1.54) is 42.9 Å². The van der Waals surface area contributed by atoms with Crippen LogP contribution in [0.2, 0.25) is 0 Å². The van der Waals surface area contributed by atoms with Gasteiger partial charge < -0.3 is 14.6 Å². The lowest BCUT2D eigenvalue weighted by molar-refractivity contribution is -0.140. The molecule has 1 fully saturated rings. The van der Waals surface area contributed by atoms with Crippen molar-refractivity contribution < 1.29 is 23.9 Å². The number of likely N-dealkylation sites (tertiary alicyclic amines) is 1. The number of carbonyl (C=O) groups is 4. The maximum Gasteiger partial charge on any atom is 0.337 e. The number of amides is 1. The fourth-order valence-corrected chi connectivity index (χ4v) is 3.89. The number of nitrogens with zero attached hydrogens (tertiary/aromatic N) is 3. The van der Waals surface area contributed by atoms with Crippen LogP contribution in [0.4, 0.5) is 0 Å². The van der Waals surface area contributed by atoms with Crippen molar-refractivity contribution in [2.75, 3.05) is 13.7 Å². The van der Waals surface area contributed by atoms with Gasteiger partial charge in [-0.15, -0.1) is 0 Å². The third-order valence-electron chi connectivity index (χ3n) is 5.50. The number of aromatic amines is 1. The summed E-state index contributed by atoms with van der Waals surface area (Å²) < 4.78 is 4.73. The van der Waals surface area contributed by atoms with Crippen molar-refractivity contribution in [1.29, 1.82) is 0 Å². The van der Waals surface area contributed by atoms with Crippen molar-refractivity contribution in [3.8, 4) is 0 Å². The molecule has 2 aromatic heterocycles. The van der Waals surface area contributed by atoms with E-state index in [0.29, 0.717) is 23.1 Å². The normalized spacial score (nSPS) is 18.1. The molecule has 3 aromatic rings. The Morgan fingerprint density at radius 1 is 1.03 bits per heavy atom. The molecule has 2 atom stereocenters. The second kappa shape index (κ2) is 8.93. The zero-order valence-electron chi connectivity index (χ0n) is 17.2. The molecular weight excluding hydrogens is 412 g/mol. The number of rotatable bonds is 7. The molecule has 0 spiro atoms. The maximum absolute atomic E-state index is 13.3. The van der Waals surface area contributed by atoms with Gasteiger partial charge >= 0.3 is 5.97 Å². The van der Waals surface area contributed by atoms with E-state index in [1.807, 2.05) is 0 Å². The molecule has 1 saturated heterocycles. The lowest BCUT2D eigenvalue weighted by atomic mass is 9.86. The summed E-state index contributed by atoms with van der Waals surface area (Å²) >= 11 is 0. The molecule has 1 aromatic carbocycles. The zero-order valence-corrected chi connectivity index (χ0v) is 17.2. The average Bonchev–Trinajstić information content (AvgIpc) is 3.44. The van der Waals surface area contributed by atoms with E-state index >= 15 is 0 Å². The van der Waals surface area contributed by atoms with E-state index in [4.69, 9.17) is 4.74 Å². The van der Waals surface area contributed by atoms with Gasteiger partial charge in [-0.1, -0.05) is 12.1 Å². The van der Waals surface area contributed by atoms with E-state index < -0.39 is 35.4 Å². The van der Waals surface area contributed by atoms with Crippen LogP contribution in [0.15, 0.2) is 61.3 Å². The summed E-state index contributed by atoms with van der Waals surface area (Å²) in [6, 6.07) is 8.61. The fraction of sp³-hybridized carbons (Fsp3) is 0.217. The van der Waals surface area contributed by atoms with Crippen molar-refractivity contribution >= 4 is 23.4 Å². The van der Waals surface area contributed by atoms with E-state index in [2.05, 4.69) is 15.0 Å². The summed E-state index contributed by atoms with van der Waals surface area (Å²) in [5.74, 6) is -3.61. The third kappa shape index (κ3) is 3.92. The van der Waals surface area contributed by atoms with Crippen molar-refractivity contribution in [1.82, 2.24) is 19.9 Å². The van der Waals surface area contributed by atoms with Gasteiger partial charge in [0.15, 0.2) is 5.78 Å². The predicted octanol–water partition coefficient (Wildman–Crippen LogP) is 1.79. The first-order chi connectivity index (χ1) is 15.5. The molecule has 0 aliphatic carbocycles. The topological polar surface area (TPSA) is 122 Å². The van der Waals surface area contributed by atoms with Crippen molar-refractivity contribution in [2.24, 2.45) is 5.92 Å². The van der Waals surface area contributed by atoms with E-state index in [1.54, 1.807) is 30.5 Å². The Morgan fingerprint density at radius 3 is 2.38 bits per heavy atom. The highest BCUT2D eigenvalue weighted by Crippen LogP contribution is 2.38. The Kier molecular flexibility index (Phi) is 5.89. The molecule has 0 bridgehead atoms. The molecule has 0 saturated carbocycles. The predicted molar refractivity (Wildman–Crippen MR) is 112 cm³/mol. The van der Waals surface area contributed by atoms with Crippen LogP contribution in [0.25, 0.3) is 0 Å². The van der Waals surface area contributed by atoms with Gasteiger partial charge in [0.05, 0.1) is 25.0 Å². The maximum atomic E-state index is 13.3. The molecule has 2 unspecified atom stereocenters. The number of ketones is 2. The minimum atomic E-state index is -1.20. The molecule has 162 valence electrons.